The minimum Gasteiger partial charge on any atom is -0.463 e. The Morgan fingerprint density at radius 1 is 1.40 bits per heavy atom. The summed E-state index contributed by atoms with van der Waals surface area (Å²) in [4.78, 5) is 12.4. The van der Waals surface area contributed by atoms with Crippen LogP contribution in [0.3, 0.4) is 0 Å². The molecular weight excluding hydrogens is 298 g/mol. The minimum absolute atomic E-state index is 0.328. The zero-order chi connectivity index (χ0) is 14.5. The van der Waals surface area contributed by atoms with Crippen LogP contribution in [-0.2, 0) is 20.5 Å². The topological polar surface area (TPSA) is 46.6 Å². The highest BCUT2D eigenvalue weighted by Crippen LogP contribution is 2.19. The van der Waals surface area contributed by atoms with Crippen LogP contribution in [0.25, 0.3) is 0 Å². The van der Waals surface area contributed by atoms with Crippen molar-refractivity contribution < 1.29 is 13.7 Å². The van der Waals surface area contributed by atoms with Crippen LogP contribution in [0.1, 0.15) is 13.3 Å². The van der Waals surface area contributed by atoms with Crippen molar-refractivity contribution in [1.82, 2.24) is 4.31 Å². The number of carbonyl (C=O) groups is 1. The summed E-state index contributed by atoms with van der Waals surface area (Å²) in [5, 5.41) is 0.608. The van der Waals surface area contributed by atoms with E-state index in [0.29, 0.717) is 41.6 Å². The van der Waals surface area contributed by atoms with Gasteiger partial charge in [-0.05, 0) is 37.6 Å². The number of carbonyl (C=O) groups excluding carboxylic acids is 1. The zero-order valence-corrected chi connectivity index (χ0v) is 12.7. The quantitative estimate of drug-likeness (QED) is 0.803. The highest BCUT2D eigenvalue weighted by Gasteiger charge is 2.23. The summed E-state index contributed by atoms with van der Waals surface area (Å²) in [7, 11) is -1.29. The highest BCUT2D eigenvalue weighted by atomic mass is 35.5. The Morgan fingerprint density at radius 2 is 2.10 bits per heavy atom. The summed E-state index contributed by atoms with van der Waals surface area (Å²) in [6.07, 6.45) is 2.54. The van der Waals surface area contributed by atoms with E-state index in [1.165, 1.54) is 0 Å². The molecule has 1 aliphatic rings. The molecule has 0 aromatic heterocycles. The molecule has 20 heavy (non-hydrogen) atoms. The number of hydrogen-bond donors (Lipinski definition) is 0. The van der Waals surface area contributed by atoms with Crippen molar-refractivity contribution in [2.75, 3.05) is 19.7 Å². The fraction of sp³-hybridized carbons (Fsp3) is 0.357. The lowest BCUT2D eigenvalue weighted by molar-refractivity contribution is -0.138. The lowest BCUT2D eigenvalue weighted by atomic mass is 10.1. The Kier molecular flexibility index (Phi) is 5.34. The van der Waals surface area contributed by atoms with Gasteiger partial charge in [-0.15, -0.1) is 0 Å². The molecule has 0 saturated heterocycles. The fourth-order valence-electron chi connectivity index (χ4n) is 1.93. The second-order valence-electron chi connectivity index (χ2n) is 4.31. The number of halogens is 1. The average Bonchev–Trinajstić information content (AvgIpc) is 2.48. The van der Waals surface area contributed by atoms with Gasteiger partial charge in [0.25, 0.3) is 0 Å². The maximum Gasteiger partial charge on any atom is 0.335 e. The lowest BCUT2D eigenvalue weighted by Crippen LogP contribution is -2.34. The number of hydrogen-bond acceptors (Lipinski definition) is 3. The maximum atomic E-state index is 12.5. The summed E-state index contributed by atoms with van der Waals surface area (Å²) < 4.78 is 19.2. The Labute approximate surface area is 126 Å². The largest absolute Gasteiger partial charge is 0.463 e. The molecule has 0 saturated carbocycles. The van der Waals surface area contributed by atoms with Crippen molar-refractivity contribution in [3.8, 4) is 0 Å². The van der Waals surface area contributed by atoms with Crippen molar-refractivity contribution in [1.29, 1.82) is 0 Å². The van der Waals surface area contributed by atoms with Crippen LogP contribution >= 0.6 is 11.6 Å². The monoisotopic (exact) mass is 313 g/mol. The van der Waals surface area contributed by atoms with E-state index >= 15 is 0 Å². The summed E-state index contributed by atoms with van der Waals surface area (Å²) in [6, 6.07) is 6.89. The Hall–Kier alpha value is -1.17. The second kappa shape index (κ2) is 7.02. The third kappa shape index (κ3) is 3.69. The van der Waals surface area contributed by atoms with Crippen molar-refractivity contribution in [3.63, 3.8) is 0 Å². The molecular formula is C14H16ClNO3S. The van der Waals surface area contributed by atoms with Gasteiger partial charge in [0, 0.05) is 23.7 Å². The molecule has 1 heterocycles. The van der Waals surface area contributed by atoms with Gasteiger partial charge >= 0.3 is 5.97 Å². The molecule has 1 unspecified atom stereocenters. The Balaban J connectivity index is 2.07. The lowest BCUT2D eigenvalue weighted by Gasteiger charge is -2.25. The molecule has 0 amide bonds. The van der Waals surface area contributed by atoms with Gasteiger partial charge in [0.1, 0.15) is 11.0 Å². The standard InChI is InChI=1S/C14H16ClNO3S/c1-2-19-14(17)11-4-3-9-16(10-11)20(18)13-7-5-12(15)6-8-13/h4-8H,2-3,9-10H2,1H3. The molecule has 2 rings (SSSR count). The summed E-state index contributed by atoms with van der Waals surface area (Å²) in [5.41, 5.74) is 0.570. The molecule has 0 spiro atoms. The van der Waals surface area contributed by atoms with Gasteiger partial charge in [0.05, 0.1) is 11.5 Å². The van der Waals surface area contributed by atoms with Crippen LogP contribution in [0.5, 0.6) is 0 Å². The molecule has 6 heteroatoms. The molecule has 0 fully saturated rings. The minimum atomic E-state index is -1.29. The second-order valence-corrected chi connectivity index (χ2v) is 6.23. The van der Waals surface area contributed by atoms with Gasteiger partial charge in [0.15, 0.2) is 0 Å². The SMILES string of the molecule is CCOC(=O)C1=CCCN(S(=O)c2ccc(Cl)cc2)C1. The Bertz CT molecular complexity index is 542. The number of ether oxygens (including phenoxy) is 1. The normalized spacial score (nSPS) is 17.4. The van der Waals surface area contributed by atoms with E-state index in [4.69, 9.17) is 16.3 Å². The van der Waals surface area contributed by atoms with Crippen molar-refractivity contribution >= 4 is 28.6 Å². The summed E-state index contributed by atoms with van der Waals surface area (Å²) >= 11 is 5.82. The van der Waals surface area contributed by atoms with Crippen molar-refractivity contribution in [2.45, 2.75) is 18.2 Å². The van der Waals surface area contributed by atoms with E-state index in [1.807, 2.05) is 6.08 Å². The zero-order valence-electron chi connectivity index (χ0n) is 11.2. The first-order chi connectivity index (χ1) is 9.61. The number of esters is 1. The molecule has 0 N–H and O–H groups in total. The van der Waals surface area contributed by atoms with Crippen molar-refractivity contribution in [3.05, 3.63) is 40.9 Å². The summed E-state index contributed by atoms with van der Waals surface area (Å²) in [5.74, 6) is -0.328. The van der Waals surface area contributed by atoms with Crippen LogP contribution in [0.2, 0.25) is 5.02 Å². The predicted octanol–water partition coefficient (Wildman–Crippen LogP) is 2.56. The first-order valence-corrected chi connectivity index (χ1v) is 7.89. The molecule has 108 valence electrons. The molecule has 0 aliphatic carbocycles. The van der Waals surface area contributed by atoms with Crippen LogP contribution in [-0.4, -0.2) is 34.2 Å². The first-order valence-electron chi connectivity index (χ1n) is 6.40. The van der Waals surface area contributed by atoms with E-state index < -0.39 is 11.0 Å². The highest BCUT2D eigenvalue weighted by molar-refractivity contribution is 7.82. The number of benzene rings is 1. The summed E-state index contributed by atoms with van der Waals surface area (Å²) in [6.45, 7) is 3.10. The molecule has 0 bridgehead atoms. The molecule has 1 aromatic rings. The van der Waals surface area contributed by atoms with Gasteiger partial charge in [-0.25, -0.2) is 13.3 Å². The van der Waals surface area contributed by atoms with Gasteiger partial charge in [-0.3, -0.25) is 0 Å². The van der Waals surface area contributed by atoms with E-state index in [2.05, 4.69) is 0 Å². The molecule has 1 aromatic carbocycles. The third-order valence-corrected chi connectivity index (χ3v) is 4.61. The van der Waals surface area contributed by atoms with E-state index in [0.717, 1.165) is 0 Å². The van der Waals surface area contributed by atoms with Crippen LogP contribution in [0.4, 0.5) is 0 Å². The predicted molar refractivity (Wildman–Crippen MR) is 78.8 cm³/mol. The smallest absolute Gasteiger partial charge is 0.335 e. The van der Waals surface area contributed by atoms with Crippen LogP contribution in [0, 0.1) is 0 Å². The molecule has 1 aliphatic heterocycles. The van der Waals surface area contributed by atoms with Crippen LogP contribution < -0.4 is 0 Å². The van der Waals surface area contributed by atoms with Crippen molar-refractivity contribution in [2.24, 2.45) is 0 Å². The maximum absolute atomic E-state index is 12.5. The van der Waals surface area contributed by atoms with Crippen LogP contribution in [0.15, 0.2) is 40.8 Å². The van der Waals surface area contributed by atoms with Gasteiger partial charge in [-0.2, -0.15) is 0 Å². The molecule has 1 atom stereocenters. The van der Waals surface area contributed by atoms with Gasteiger partial charge in [0.2, 0.25) is 0 Å². The van der Waals surface area contributed by atoms with Gasteiger partial charge in [-0.1, -0.05) is 17.7 Å². The fourth-order valence-corrected chi connectivity index (χ4v) is 3.25. The first kappa shape index (κ1) is 15.2. The third-order valence-electron chi connectivity index (χ3n) is 2.90. The van der Waals surface area contributed by atoms with E-state index in [1.54, 1.807) is 35.5 Å². The number of rotatable bonds is 4. The Morgan fingerprint density at radius 3 is 2.75 bits per heavy atom. The van der Waals surface area contributed by atoms with Gasteiger partial charge < -0.3 is 4.74 Å². The molecule has 4 nitrogen and oxygen atoms in total. The van der Waals surface area contributed by atoms with E-state index in [9.17, 15) is 9.00 Å². The average molecular weight is 314 g/mol. The molecule has 0 radical (unpaired) electrons. The van der Waals surface area contributed by atoms with E-state index in [-0.39, 0.29) is 5.97 Å². The number of nitrogens with zero attached hydrogens (tertiary/aromatic N) is 1.